The number of pyridine rings is 1. The first kappa shape index (κ1) is 18.2. The number of anilines is 2. The van der Waals surface area contributed by atoms with E-state index in [-0.39, 0.29) is 26.5 Å². The normalized spacial score (nSPS) is 11.9. The maximum absolute atomic E-state index is 13.4. The van der Waals surface area contributed by atoms with Crippen LogP contribution >= 0.6 is 11.3 Å². The number of nitrogens with two attached hydrogens (primary N) is 1. The van der Waals surface area contributed by atoms with E-state index in [1.165, 1.54) is 6.92 Å². The molecule has 142 valence electrons. The number of alkyl halides is 3. The number of hydrogen-bond acceptors (Lipinski definition) is 4. The van der Waals surface area contributed by atoms with E-state index in [1.807, 2.05) is 30.3 Å². The van der Waals surface area contributed by atoms with Crippen LogP contribution in [0.3, 0.4) is 0 Å². The molecule has 3 N–H and O–H groups in total. The first-order chi connectivity index (χ1) is 13.3. The second-order valence-corrected chi connectivity index (χ2v) is 7.31. The minimum Gasteiger partial charge on any atom is -0.397 e. The Kier molecular flexibility index (Phi) is 4.23. The molecule has 0 atom stereocenters. The van der Waals surface area contributed by atoms with Crippen molar-refractivity contribution in [3.63, 3.8) is 0 Å². The molecule has 2 heterocycles. The van der Waals surface area contributed by atoms with Gasteiger partial charge in [-0.2, -0.15) is 13.2 Å². The number of rotatable bonds is 2. The van der Waals surface area contributed by atoms with Crippen LogP contribution in [0.4, 0.5) is 24.5 Å². The van der Waals surface area contributed by atoms with E-state index in [0.717, 1.165) is 28.2 Å². The average Bonchev–Trinajstić information content (AvgIpc) is 2.97. The van der Waals surface area contributed by atoms with E-state index in [2.05, 4.69) is 10.3 Å². The topological polar surface area (TPSA) is 68.0 Å². The number of amides is 1. The fourth-order valence-electron chi connectivity index (χ4n) is 3.15. The summed E-state index contributed by atoms with van der Waals surface area (Å²) in [6.45, 7) is 1.47. The molecule has 0 fully saturated rings. The average molecular weight is 401 g/mol. The van der Waals surface area contributed by atoms with Gasteiger partial charge in [0.05, 0.1) is 11.3 Å². The molecule has 4 nitrogen and oxygen atoms in total. The first-order valence-corrected chi connectivity index (χ1v) is 9.13. The summed E-state index contributed by atoms with van der Waals surface area (Å²) >= 11 is 0.853. The third-order valence-electron chi connectivity index (χ3n) is 4.38. The van der Waals surface area contributed by atoms with E-state index >= 15 is 0 Å². The van der Waals surface area contributed by atoms with Crippen LogP contribution in [-0.4, -0.2) is 10.9 Å². The zero-order chi connectivity index (χ0) is 20.1. The van der Waals surface area contributed by atoms with Gasteiger partial charge in [-0.05, 0) is 24.4 Å². The van der Waals surface area contributed by atoms with Crippen LogP contribution < -0.4 is 11.1 Å². The number of benzene rings is 2. The number of carbonyl (C=O) groups is 1. The number of halogens is 3. The van der Waals surface area contributed by atoms with Crippen molar-refractivity contribution >= 4 is 49.6 Å². The highest BCUT2D eigenvalue weighted by molar-refractivity contribution is 7.21. The van der Waals surface area contributed by atoms with Crippen LogP contribution in [0.15, 0.2) is 48.5 Å². The van der Waals surface area contributed by atoms with Crippen molar-refractivity contribution in [3.05, 3.63) is 64.7 Å². The van der Waals surface area contributed by atoms with Crippen molar-refractivity contribution in [2.45, 2.75) is 13.1 Å². The molecule has 2 aromatic heterocycles. The number of nitrogens with zero attached hydrogens (tertiary/aromatic N) is 1. The number of aromatic nitrogens is 1. The molecule has 0 aliphatic rings. The predicted octanol–water partition coefficient (Wildman–Crippen LogP) is 5.61. The lowest BCUT2D eigenvalue weighted by atomic mass is 10.1. The van der Waals surface area contributed by atoms with Crippen LogP contribution in [0.2, 0.25) is 0 Å². The lowest BCUT2D eigenvalue weighted by Crippen LogP contribution is -2.13. The molecule has 0 aliphatic carbocycles. The Morgan fingerprint density at radius 2 is 1.86 bits per heavy atom. The summed E-state index contributed by atoms with van der Waals surface area (Å²) in [4.78, 5) is 17.0. The smallest absolute Gasteiger partial charge is 0.397 e. The molecule has 0 spiro atoms. The fraction of sp³-hybridized carbons (Fsp3) is 0.100. The van der Waals surface area contributed by atoms with Crippen molar-refractivity contribution in [3.8, 4) is 0 Å². The van der Waals surface area contributed by atoms with Crippen molar-refractivity contribution in [2.75, 3.05) is 11.1 Å². The zero-order valence-electron chi connectivity index (χ0n) is 14.6. The second kappa shape index (κ2) is 6.49. The van der Waals surface area contributed by atoms with Crippen molar-refractivity contribution in [2.24, 2.45) is 0 Å². The number of nitrogen functional groups attached to an aromatic ring is 1. The van der Waals surface area contributed by atoms with Gasteiger partial charge in [0, 0.05) is 22.2 Å². The summed E-state index contributed by atoms with van der Waals surface area (Å²) in [6.07, 6.45) is -4.59. The van der Waals surface area contributed by atoms with Gasteiger partial charge < -0.3 is 11.1 Å². The molecule has 0 aliphatic heterocycles. The van der Waals surface area contributed by atoms with Crippen LogP contribution in [0.5, 0.6) is 0 Å². The number of thiophene rings is 1. The first-order valence-electron chi connectivity index (χ1n) is 8.31. The maximum atomic E-state index is 13.4. The Morgan fingerprint density at radius 1 is 1.14 bits per heavy atom. The standard InChI is InChI=1S/C20H14F3N3OS/c1-10-9-13(20(21,22)23)15-16(24)17(28-19(15)25-10)18(27)26-14-8-4-6-11-5-2-3-7-12(11)14/h2-9H,24H2,1H3,(H,26,27). The molecule has 0 radical (unpaired) electrons. The minimum atomic E-state index is -4.59. The molecule has 0 unspecified atom stereocenters. The van der Waals surface area contributed by atoms with Gasteiger partial charge in [0.2, 0.25) is 0 Å². The Bertz CT molecular complexity index is 1230. The van der Waals surface area contributed by atoms with E-state index < -0.39 is 17.6 Å². The third-order valence-corrected chi connectivity index (χ3v) is 5.47. The van der Waals surface area contributed by atoms with Gasteiger partial charge in [0.1, 0.15) is 9.71 Å². The monoisotopic (exact) mass is 401 g/mol. The van der Waals surface area contributed by atoms with Gasteiger partial charge in [-0.3, -0.25) is 4.79 Å². The SMILES string of the molecule is Cc1cc(C(F)(F)F)c2c(N)c(C(=O)Nc3cccc4ccccc34)sc2n1. The van der Waals surface area contributed by atoms with E-state index in [0.29, 0.717) is 5.69 Å². The largest absolute Gasteiger partial charge is 0.417 e. The Hall–Kier alpha value is -3.13. The predicted molar refractivity (Wildman–Crippen MR) is 106 cm³/mol. The molecular formula is C20H14F3N3OS. The quantitative estimate of drug-likeness (QED) is 0.459. The lowest BCUT2D eigenvalue weighted by Gasteiger charge is -2.10. The summed E-state index contributed by atoms with van der Waals surface area (Å²) in [5.41, 5.74) is 5.64. The highest BCUT2D eigenvalue weighted by Crippen LogP contribution is 2.42. The third kappa shape index (κ3) is 3.05. The van der Waals surface area contributed by atoms with Gasteiger partial charge in [0.25, 0.3) is 5.91 Å². The molecule has 28 heavy (non-hydrogen) atoms. The summed E-state index contributed by atoms with van der Waals surface area (Å²) in [6, 6.07) is 13.8. The Labute approximate surface area is 161 Å². The van der Waals surface area contributed by atoms with Gasteiger partial charge in [0.15, 0.2) is 0 Å². The molecule has 0 saturated heterocycles. The lowest BCUT2D eigenvalue weighted by molar-refractivity contribution is -0.136. The van der Waals surface area contributed by atoms with Crippen molar-refractivity contribution < 1.29 is 18.0 Å². The number of carbonyl (C=O) groups excluding carboxylic acids is 1. The van der Waals surface area contributed by atoms with Gasteiger partial charge in [-0.25, -0.2) is 4.98 Å². The fourth-order valence-corrected chi connectivity index (χ4v) is 4.21. The van der Waals surface area contributed by atoms with Crippen LogP contribution in [-0.2, 0) is 6.18 Å². The molecule has 8 heteroatoms. The molecule has 1 amide bonds. The van der Waals surface area contributed by atoms with E-state index in [9.17, 15) is 18.0 Å². The summed E-state index contributed by atoms with van der Waals surface area (Å²) < 4.78 is 40.3. The van der Waals surface area contributed by atoms with Crippen LogP contribution in [0, 0.1) is 6.92 Å². The number of aryl methyl sites for hydroxylation is 1. The molecule has 2 aromatic carbocycles. The van der Waals surface area contributed by atoms with Crippen LogP contribution in [0.1, 0.15) is 20.9 Å². The Balaban J connectivity index is 1.81. The zero-order valence-corrected chi connectivity index (χ0v) is 15.4. The summed E-state index contributed by atoms with van der Waals surface area (Å²) in [5.74, 6) is -0.567. The van der Waals surface area contributed by atoms with Crippen molar-refractivity contribution in [1.82, 2.24) is 4.98 Å². The minimum absolute atomic E-state index is 0.00605. The van der Waals surface area contributed by atoms with Gasteiger partial charge >= 0.3 is 6.18 Å². The van der Waals surface area contributed by atoms with Gasteiger partial charge in [-0.15, -0.1) is 11.3 Å². The van der Waals surface area contributed by atoms with E-state index in [1.54, 1.807) is 12.1 Å². The highest BCUT2D eigenvalue weighted by Gasteiger charge is 2.35. The molecule has 0 saturated carbocycles. The van der Waals surface area contributed by atoms with Crippen LogP contribution in [0.25, 0.3) is 21.0 Å². The number of nitrogens with one attached hydrogen (secondary N) is 1. The maximum Gasteiger partial charge on any atom is 0.417 e. The van der Waals surface area contributed by atoms with E-state index in [4.69, 9.17) is 5.73 Å². The molecule has 4 rings (SSSR count). The van der Waals surface area contributed by atoms with Crippen molar-refractivity contribution in [1.29, 1.82) is 0 Å². The highest BCUT2D eigenvalue weighted by atomic mass is 32.1. The number of fused-ring (bicyclic) bond motifs is 2. The Morgan fingerprint density at radius 3 is 2.61 bits per heavy atom. The molecule has 0 bridgehead atoms. The molecular weight excluding hydrogens is 387 g/mol. The molecule has 4 aromatic rings. The number of hydrogen-bond donors (Lipinski definition) is 2. The summed E-state index contributed by atoms with van der Waals surface area (Å²) in [7, 11) is 0. The summed E-state index contributed by atoms with van der Waals surface area (Å²) in [5, 5.41) is 4.28. The second-order valence-electron chi connectivity index (χ2n) is 6.31. The van der Waals surface area contributed by atoms with Gasteiger partial charge in [-0.1, -0.05) is 36.4 Å².